The van der Waals surface area contributed by atoms with E-state index in [0.717, 1.165) is 17.7 Å². The van der Waals surface area contributed by atoms with E-state index in [2.05, 4.69) is 17.5 Å². The van der Waals surface area contributed by atoms with E-state index in [9.17, 15) is 24.3 Å². The van der Waals surface area contributed by atoms with Gasteiger partial charge in [0.15, 0.2) is 11.5 Å². The zero-order valence-corrected chi connectivity index (χ0v) is 31.1. The predicted octanol–water partition coefficient (Wildman–Crippen LogP) is 4.53. The maximum absolute atomic E-state index is 13.7. The van der Waals surface area contributed by atoms with E-state index in [-0.39, 0.29) is 58.5 Å². The molecule has 286 valence electrons. The molecule has 2 amide bonds. The van der Waals surface area contributed by atoms with Crippen molar-refractivity contribution in [1.82, 2.24) is 15.2 Å². The summed E-state index contributed by atoms with van der Waals surface area (Å²) in [5.41, 5.74) is 8.37. The number of hydrazone groups is 1. The molecule has 0 aromatic heterocycles. The number of nitrogen functional groups attached to an aromatic ring is 1. The highest BCUT2D eigenvalue weighted by Gasteiger charge is 2.43. The molecule has 2 heterocycles. The largest absolute Gasteiger partial charge is 0.490 e. The summed E-state index contributed by atoms with van der Waals surface area (Å²) in [6.07, 6.45) is 7.12. The van der Waals surface area contributed by atoms with Gasteiger partial charge < -0.3 is 40.7 Å². The van der Waals surface area contributed by atoms with Crippen LogP contribution in [0.4, 0.5) is 5.69 Å². The fraction of sp³-hybridized carbons (Fsp3) is 0.432. The minimum absolute atomic E-state index is 0.00504. The molecule has 0 spiro atoms. The molecule has 1 aliphatic carbocycles. The second-order valence-electron chi connectivity index (χ2n) is 12.5. The van der Waals surface area contributed by atoms with Gasteiger partial charge in [-0.05, 0) is 75.4 Å². The molecule has 2 aromatic carbocycles. The van der Waals surface area contributed by atoms with Crippen LogP contribution in [0.15, 0.2) is 59.7 Å². The van der Waals surface area contributed by atoms with Crippen molar-refractivity contribution >= 4 is 58.4 Å². The van der Waals surface area contributed by atoms with E-state index in [4.69, 9.17) is 53.7 Å². The Morgan fingerprint density at radius 2 is 1.55 bits per heavy atom. The maximum atomic E-state index is 13.7. The number of carboxylic acid groups (broad SMARTS) is 2. The molecule has 0 bridgehead atoms. The zero-order valence-electron chi connectivity index (χ0n) is 29.5. The first-order valence-corrected chi connectivity index (χ1v) is 18.1. The van der Waals surface area contributed by atoms with Gasteiger partial charge >= 0.3 is 11.9 Å². The summed E-state index contributed by atoms with van der Waals surface area (Å²) < 4.78 is 11.7. The standard InChI is InChI=1S/C33H41Cl2N5O5.C4H4O4/c1-3-44-28-10-9-20(17-29(28)45-4-2)32-23-7-5-6-8-24(23)33(43)40(38-32)22-11-13-39(14-12-22)30(42)19-37-18-27(41)21-15-25(34)31(36)26(35)16-21;5-3(6)1-2-4(7)8/h5-6,9-10,15-17,22-24,27,37,41H,3-4,7-8,11-14,18-19,36H2,1-2H3;1-2H,(H,5,6)(H,7,8)/b;2-1+/t23-,24+,27?;/m0./s1. The molecule has 0 radical (unpaired) electrons. The number of anilines is 1. The monoisotopic (exact) mass is 773 g/mol. The van der Waals surface area contributed by atoms with Gasteiger partial charge in [-0.15, -0.1) is 0 Å². The van der Waals surface area contributed by atoms with Gasteiger partial charge in [-0.1, -0.05) is 35.4 Å². The average Bonchev–Trinajstić information content (AvgIpc) is 3.14. The predicted molar refractivity (Wildman–Crippen MR) is 200 cm³/mol. The lowest BCUT2D eigenvalue weighted by molar-refractivity contribution is -0.142. The normalized spacial score (nSPS) is 19.2. The van der Waals surface area contributed by atoms with Crippen LogP contribution in [0.25, 0.3) is 0 Å². The quantitative estimate of drug-likeness (QED) is 0.109. The van der Waals surface area contributed by atoms with Gasteiger partial charge in [0.05, 0.1) is 59.3 Å². The maximum Gasteiger partial charge on any atom is 0.328 e. The molecule has 53 heavy (non-hydrogen) atoms. The van der Waals surface area contributed by atoms with Crippen LogP contribution in [0.5, 0.6) is 11.5 Å². The molecule has 6 N–H and O–H groups in total. The lowest BCUT2D eigenvalue weighted by Gasteiger charge is -2.42. The molecule has 2 aliphatic heterocycles. The topological polar surface area (TPSA) is 204 Å². The molecule has 1 saturated heterocycles. The number of halogens is 2. The summed E-state index contributed by atoms with van der Waals surface area (Å²) >= 11 is 12.2. The second-order valence-corrected chi connectivity index (χ2v) is 13.3. The third-order valence-electron chi connectivity index (χ3n) is 9.01. The number of piperidine rings is 1. The Labute approximate surface area is 317 Å². The first-order chi connectivity index (χ1) is 25.3. The number of aliphatic hydroxyl groups excluding tert-OH is 1. The summed E-state index contributed by atoms with van der Waals surface area (Å²) in [4.78, 5) is 47.6. The van der Waals surface area contributed by atoms with E-state index in [0.29, 0.717) is 74.8 Å². The number of benzene rings is 2. The van der Waals surface area contributed by atoms with Crippen molar-refractivity contribution in [2.24, 2.45) is 16.9 Å². The van der Waals surface area contributed by atoms with Crippen molar-refractivity contribution in [3.63, 3.8) is 0 Å². The van der Waals surface area contributed by atoms with Crippen LogP contribution in [0.3, 0.4) is 0 Å². The van der Waals surface area contributed by atoms with Crippen molar-refractivity contribution in [3.8, 4) is 11.5 Å². The molecule has 2 aromatic rings. The zero-order chi connectivity index (χ0) is 38.7. The van der Waals surface area contributed by atoms with Crippen LogP contribution in [0.1, 0.15) is 56.8 Å². The lowest BCUT2D eigenvalue weighted by Crippen LogP contribution is -2.53. The summed E-state index contributed by atoms with van der Waals surface area (Å²) in [7, 11) is 0. The fourth-order valence-corrected chi connectivity index (χ4v) is 6.89. The number of ether oxygens (including phenoxy) is 2. The highest BCUT2D eigenvalue weighted by Crippen LogP contribution is 2.38. The van der Waals surface area contributed by atoms with Crippen LogP contribution < -0.4 is 20.5 Å². The number of carboxylic acids is 2. The number of aliphatic carboxylic acids is 2. The minimum atomic E-state index is -1.26. The first kappa shape index (κ1) is 41.1. The third-order valence-corrected chi connectivity index (χ3v) is 9.64. The van der Waals surface area contributed by atoms with E-state index < -0.39 is 18.0 Å². The molecule has 3 aliphatic rings. The number of hydrogen-bond donors (Lipinski definition) is 5. The number of carbonyl (C=O) groups excluding carboxylic acids is 2. The number of hydrogen-bond acceptors (Lipinski definition) is 10. The number of likely N-dealkylation sites (tertiary alicyclic amines) is 1. The highest BCUT2D eigenvalue weighted by molar-refractivity contribution is 6.38. The molecule has 0 saturated carbocycles. The number of fused-ring (bicyclic) bond motifs is 1. The Morgan fingerprint density at radius 1 is 0.962 bits per heavy atom. The number of nitrogens with zero attached hydrogens (tertiary/aromatic N) is 3. The third kappa shape index (κ3) is 10.9. The Hall–Kier alpha value is -4.63. The van der Waals surface area contributed by atoms with Gasteiger partial charge in [-0.3, -0.25) is 9.59 Å². The van der Waals surface area contributed by atoms with Gasteiger partial charge in [-0.25, -0.2) is 14.6 Å². The van der Waals surface area contributed by atoms with Crippen molar-refractivity contribution in [1.29, 1.82) is 0 Å². The Bertz CT molecular complexity index is 1700. The van der Waals surface area contributed by atoms with Gasteiger partial charge in [0.25, 0.3) is 0 Å². The SMILES string of the molecule is CCOc1ccc(C2=NN(C3CCN(C(=O)CNCC(O)c4cc(Cl)c(N)c(Cl)c4)CC3)C(=O)[C@@H]3CC=CC[C@H]23)cc1OCC.O=C(O)/C=C/C(=O)O. The van der Waals surface area contributed by atoms with Crippen LogP contribution >= 0.6 is 23.2 Å². The van der Waals surface area contributed by atoms with Crippen LogP contribution in [0.2, 0.25) is 10.0 Å². The number of amides is 2. The van der Waals surface area contributed by atoms with Crippen molar-refractivity contribution in [3.05, 3.63) is 75.8 Å². The van der Waals surface area contributed by atoms with Gasteiger partial charge in [0.2, 0.25) is 11.8 Å². The average molecular weight is 775 g/mol. The second kappa shape index (κ2) is 19.4. The first-order valence-electron chi connectivity index (χ1n) is 17.4. The Balaban J connectivity index is 0.000000703. The van der Waals surface area contributed by atoms with E-state index in [1.807, 2.05) is 32.0 Å². The molecule has 5 rings (SSSR count). The smallest absolute Gasteiger partial charge is 0.328 e. The molecule has 3 atom stereocenters. The molecular formula is C37H45Cl2N5O9. The van der Waals surface area contributed by atoms with E-state index in [1.54, 1.807) is 22.0 Å². The van der Waals surface area contributed by atoms with Gasteiger partial charge in [0.1, 0.15) is 0 Å². The minimum Gasteiger partial charge on any atom is -0.490 e. The lowest BCUT2D eigenvalue weighted by atomic mass is 9.76. The summed E-state index contributed by atoms with van der Waals surface area (Å²) in [5, 5.41) is 36.4. The van der Waals surface area contributed by atoms with Crippen LogP contribution in [-0.4, -0.2) is 100 Å². The molecule has 14 nitrogen and oxygen atoms in total. The van der Waals surface area contributed by atoms with Gasteiger partial charge in [-0.2, -0.15) is 5.10 Å². The number of nitrogens with two attached hydrogens (primary N) is 1. The number of rotatable bonds is 13. The van der Waals surface area contributed by atoms with Crippen molar-refractivity contribution in [2.45, 2.75) is 51.7 Å². The molecule has 1 unspecified atom stereocenters. The number of nitrogens with one attached hydrogen (secondary N) is 1. The molecule has 1 fully saturated rings. The van der Waals surface area contributed by atoms with E-state index in [1.165, 1.54) is 0 Å². The summed E-state index contributed by atoms with van der Waals surface area (Å²) in [6.45, 7) is 6.15. The number of carbonyl (C=O) groups is 4. The van der Waals surface area contributed by atoms with Crippen molar-refractivity contribution in [2.75, 3.05) is 45.1 Å². The molecule has 16 heteroatoms. The highest BCUT2D eigenvalue weighted by atomic mass is 35.5. The number of aliphatic hydroxyl groups is 1. The summed E-state index contributed by atoms with van der Waals surface area (Å²) in [6, 6.07) is 8.91. The van der Waals surface area contributed by atoms with Crippen LogP contribution in [0, 0.1) is 11.8 Å². The van der Waals surface area contributed by atoms with Crippen molar-refractivity contribution < 1.29 is 44.0 Å². The van der Waals surface area contributed by atoms with Crippen LogP contribution in [-0.2, 0) is 19.2 Å². The Morgan fingerprint density at radius 3 is 2.13 bits per heavy atom. The Kier molecular flexibility index (Phi) is 15.1. The van der Waals surface area contributed by atoms with Gasteiger partial charge in [0, 0.05) is 43.3 Å². The van der Waals surface area contributed by atoms with E-state index >= 15 is 0 Å². The fourth-order valence-electron chi connectivity index (χ4n) is 6.39. The summed E-state index contributed by atoms with van der Waals surface area (Å²) in [5.74, 6) is -1.36. The number of allylic oxidation sites excluding steroid dienone is 2. The molecular weight excluding hydrogens is 729 g/mol.